The molecule has 0 fully saturated rings. The molecule has 0 unspecified atom stereocenters. The first-order chi connectivity index (χ1) is 6.84. The van der Waals surface area contributed by atoms with Crippen molar-refractivity contribution in [2.24, 2.45) is 0 Å². The Bertz CT molecular complexity index is 412. The van der Waals surface area contributed by atoms with E-state index in [9.17, 15) is 0 Å². The van der Waals surface area contributed by atoms with Crippen LogP contribution in [0.15, 0.2) is 42.6 Å². The monoisotopic (exact) mass is 271 g/mol. The molecule has 0 atom stereocenters. The number of nitrogens with zero attached hydrogens (tertiary/aromatic N) is 1. The Morgan fingerprint density at radius 1 is 1.13 bits per heavy atom. The van der Waals surface area contributed by atoms with Crippen LogP contribution in [0.25, 0.3) is 0 Å². The number of rotatable bonds is 2. The van der Waals surface area contributed by atoms with Crippen molar-refractivity contribution >= 4 is 0 Å². The summed E-state index contributed by atoms with van der Waals surface area (Å²) < 4.78 is 0. The predicted octanol–water partition coefficient (Wildman–Crippen LogP) is 2.78. The van der Waals surface area contributed by atoms with Gasteiger partial charge in [0.15, 0.2) is 0 Å². The normalized spacial score (nSPS) is 9.40. The van der Waals surface area contributed by atoms with Gasteiger partial charge in [-0.1, -0.05) is 0 Å². The molecular formula is C13H12NY-. The Kier molecular flexibility index (Phi) is 5.14. The first-order valence-electron chi connectivity index (χ1n) is 4.71. The number of aromatic nitrogens is 1. The fraction of sp³-hybridized carbons (Fsp3) is 0.154. The van der Waals surface area contributed by atoms with Crippen LogP contribution in [0.2, 0.25) is 0 Å². The van der Waals surface area contributed by atoms with Gasteiger partial charge in [-0.2, -0.15) is 35.9 Å². The van der Waals surface area contributed by atoms with Crippen molar-refractivity contribution in [3.63, 3.8) is 0 Å². The molecule has 1 aromatic heterocycles. The summed E-state index contributed by atoms with van der Waals surface area (Å²) in [6, 6.07) is 15.3. The van der Waals surface area contributed by atoms with Crippen LogP contribution in [0, 0.1) is 13.0 Å². The van der Waals surface area contributed by atoms with Crippen molar-refractivity contribution in [3.05, 3.63) is 65.5 Å². The van der Waals surface area contributed by atoms with E-state index in [0.29, 0.717) is 0 Å². The average Bonchev–Trinajstić information content (AvgIpc) is 2.19. The molecule has 1 heterocycles. The van der Waals surface area contributed by atoms with E-state index in [-0.39, 0.29) is 32.7 Å². The van der Waals surface area contributed by atoms with Gasteiger partial charge >= 0.3 is 0 Å². The van der Waals surface area contributed by atoms with E-state index in [2.05, 4.69) is 35.3 Å². The maximum atomic E-state index is 4.18. The molecule has 0 aliphatic rings. The summed E-state index contributed by atoms with van der Waals surface area (Å²) in [5.41, 5.74) is 3.70. The van der Waals surface area contributed by atoms with Gasteiger partial charge in [0.2, 0.25) is 0 Å². The summed E-state index contributed by atoms with van der Waals surface area (Å²) in [5, 5.41) is 0. The maximum Gasteiger partial charge on any atom is 0.0375 e. The number of hydrogen-bond donors (Lipinski definition) is 0. The molecule has 73 valence electrons. The van der Waals surface area contributed by atoms with Gasteiger partial charge < -0.3 is 0 Å². The van der Waals surface area contributed by atoms with Crippen LogP contribution >= 0.6 is 0 Å². The molecule has 0 amide bonds. The summed E-state index contributed by atoms with van der Waals surface area (Å²) in [7, 11) is 0. The zero-order chi connectivity index (χ0) is 9.80. The number of hydrogen-bond acceptors (Lipinski definition) is 1. The van der Waals surface area contributed by atoms with Crippen LogP contribution in [0.4, 0.5) is 0 Å². The van der Waals surface area contributed by atoms with E-state index < -0.39 is 0 Å². The second kappa shape index (κ2) is 6.14. The molecule has 2 aromatic rings. The smallest absolute Gasteiger partial charge is 0.0375 e. The van der Waals surface area contributed by atoms with Gasteiger partial charge in [-0.25, -0.2) is 0 Å². The van der Waals surface area contributed by atoms with E-state index in [1.807, 2.05) is 25.3 Å². The number of benzene rings is 1. The molecule has 0 saturated carbocycles. The minimum atomic E-state index is 0. The Labute approximate surface area is 116 Å². The van der Waals surface area contributed by atoms with Crippen LogP contribution in [0.5, 0.6) is 0 Å². The van der Waals surface area contributed by atoms with Crippen LogP contribution in [-0.2, 0) is 39.1 Å². The molecule has 15 heavy (non-hydrogen) atoms. The molecule has 2 heteroatoms. The van der Waals surface area contributed by atoms with Crippen molar-refractivity contribution in [2.75, 3.05) is 0 Å². The van der Waals surface area contributed by atoms with Crippen LogP contribution in [-0.4, -0.2) is 4.98 Å². The zero-order valence-corrected chi connectivity index (χ0v) is 11.6. The molecule has 1 radical (unpaired) electrons. The molecule has 0 spiro atoms. The van der Waals surface area contributed by atoms with Crippen molar-refractivity contribution in [1.82, 2.24) is 4.98 Å². The van der Waals surface area contributed by atoms with Gasteiger partial charge in [0.05, 0.1) is 0 Å². The first kappa shape index (κ1) is 12.5. The second-order valence-corrected chi connectivity index (χ2v) is 3.39. The molecule has 0 saturated heterocycles. The SMILES string of the molecule is Cc1cc(Cc2cc[c-]cc2)ccn1.[Y]. The topological polar surface area (TPSA) is 12.9 Å². The van der Waals surface area contributed by atoms with Gasteiger partial charge in [-0.15, -0.1) is 0 Å². The van der Waals surface area contributed by atoms with Gasteiger partial charge in [0.25, 0.3) is 0 Å². The Morgan fingerprint density at radius 3 is 2.53 bits per heavy atom. The van der Waals surface area contributed by atoms with E-state index in [1.54, 1.807) is 0 Å². The maximum absolute atomic E-state index is 4.18. The third-order valence-electron chi connectivity index (χ3n) is 2.16. The van der Waals surface area contributed by atoms with Gasteiger partial charge in [0.1, 0.15) is 0 Å². The Balaban J connectivity index is 0.00000112. The number of aryl methyl sites for hydroxylation is 1. The summed E-state index contributed by atoms with van der Waals surface area (Å²) >= 11 is 0. The van der Waals surface area contributed by atoms with Crippen LogP contribution in [0.1, 0.15) is 16.8 Å². The molecule has 0 aliphatic carbocycles. The molecule has 1 aromatic carbocycles. The molecule has 2 rings (SSSR count). The third-order valence-corrected chi connectivity index (χ3v) is 2.16. The Hall–Kier alpha value is -0.526. The van der Waals surface area contributed by atoms with Gasteiger partial charge in [-0.05, 0) is 31.0 Å². The fourth-order valence-corrected chi connectivity index (χ4v) is 1.49. The van der Waals surface area contributed by atoms with Crippen LogP contribution < -0.4 is 0 Å². The van der Waals surface area contributed by atoms with Gasteiger partial charge in [-0.3, -0.25) is 4.98 Å². The van der Waals surface area contributed by atoms with Crippen molar-refractivity contribution in [3.8, 4) is 0 Å². The minimum absolute atomic E-state index is 0. The van der Waals surface area contributed by atoms with Crippen molar-refractivity contribution < 1.29 is 32.7 Å². The second-order valence-electron chi connectivity index (χ2n) is 3.39. The summed E-state index contributed by atoms with van der Waals surface area (Å²) in [4.78, 5) is 4.18. The summed E-state index contributed by atoms with van der Waals surface area (Å²) in [6.45, 7) is 2.02. The summed E-state index contributed by atoms with van der Waals surface area (Å²) in [6.07, 6.45) is 2.83. The third kappa shape index (κ3) is 3.85. The molecule has 0 bridgehead atoms. The van der Waals surface area contributed by atoms with Gasteiger partial charge in [0, 0.05) is 44.6 Å². The fourth-order valence-electron chi connectivity index (χ4n) is 1.49. The predicted molar refractivity (Wildman–Crippen MR) is 57.1 cm³/mol. The van der Waals surface area contributed by atoms with Crippen molar-refractivity contribution in [2.45, 2.75) is 13.3 Å². The first-order valence-corrected chi connectivity index (χ1v) is 4.71. The Morgan fingerprint density at radius 2 is 1.87 bits per heavy atom. The molecule has 0 aliphatic heterocycles. The van der Waals surface area contributed by atoms with E-state index in [1.165, 1.54) is 11.1 Å². The minimum Gasteiger partial charge on any atom is -0.262 e. The van der Waals surface area contributed by atoms with Crippen molar-refractivity contribution in [1.29, 1.82) is 0 Å². The molecular weight excluding hydrogens is 259 g/mol. The average molecular weight is 271 g/mol. The standard InChI is InChI=1S/C13H12N.Y/c1-11-9-13(7-8-14-11)10-12-5-3-2-4-6-12;/h3-9H,10H2,1H3;/q-1;. The molecule has 1 nitrogen and oxygen atoms in total. The number of pyridine rings is 1. The van der Waals surface area contributed by atoms with E-state index in [4.69, 9.17) is 0 Å². The van der Waals surface area contributed by atoms with Crippen LogP contribution in [0.3, 0.4) is 0 Å². The summed E-state index contributed by atoms with van der Waals surface area (Å²) in [5.74, 6) is 0. The largest absolute Gasteiger partial charge is 0.262 e. The quantitative estimate of drug-likeness (QED) is 0.765. The molecule has 0 N–H and O–H groups in total. The zero-order valence-electron chi connectivity index (χ0n) is 8.77. The van der Waals surface area contributed by atoms with E-state index in [0.717, 1.165) is 12.1 Å². The van der Waals surface area contributed by atoms with E-state index >= 15 is 0 Å².